The summed E-state index contributed by atoms with van der Waals surface area (Å²) in [7, 11) is 0. The molecule has 0 spiro atoms. The van der Waals surface area contributed by atoms with Crippen LogP contribution in [0.5, 0.6) is 0 Å². The van der Waals surface area contributed by atoms with E-state index in [0.717, 1.165) is 12.8 Å². The van der Waals surface area contributed by atoms with Crippen LogP contribution in [0.2, 0.25) is 0 Å². The van der Waals surface area contributed by atoms with Crippen LogP contribution in [0.4, 0.5) is 0 Å². The summed E-state index contributed by atoms with van der Waals surface area (Å²) in [6.07, 6.45) is 3.22. The molecule has 0 radical (unpaired) electrons. The Labute approximate surface area is 95.4 Å². The van der Waals surface area contributed by atoms with Gasteiger partial charge in [-0.2, -0.15) is 0 Å². The smallest absolute Gasteiger partial charge is 0.306 e. The van der Waals surface area contributed by atoms with Crippen molar-refractivity contribution in [2.45, 2.75) is 31.8 Å². The molecule has 0 aliphatic heterocycles. The molecule has 0 aromatic heterocycles. The highest BCUT2D eigenvalue weighted by Gasteiger charge is 2.25. The fourth-order valence-corrected chi connectivity index (χ4v) is 1.92. The van der Waals surface area contributed by atoms with Gasteiger partial charge >= 0.3 is 5.97 Å². The second-order valence-corrected chi connectivity index (χ2v) is 4.02. The zero-order valence-corrected chi connectivity index (χ0v) is 9.43. The zero-order valence-electron chi connectivity index (χ0n) is 9.43. The van der Waals surface area contributed by atoms with E-state index in [0.29, 0.717) is 32.7 Å². The molecule has 0 unspecified atom stereocenters. The summed E-state index contributed by atoms with van der Waals surface area (Å²) < 4.78 is 10.6. The molecule has 1 aliphatic carbocycles. The van der Waals surface area contributed by atoms with Crippen LogP contribution in [0.1, 0.15) is 25.7 Å². The summed E-state index contributed by atoms with van der Waals surface area (Å²) in [5, 5.41) is 17.3. The van der Waals surface area contributed by atoms with Crippen molar-refractivity contribution in [3.8, 4) is 0 Å². The first-order valence-corrected chi connectivity index (χ1v) is 5.77. The predicted octanol–water partition coefficient (Wildman–Crippen LogP) is 0.655. The second kappa shape index (κ2) is 7.60. The maximum absolute atomic E-state index is 10.7. The van der Waals surface area contributed by atoms with Crippen molar-refractivity contribution in [1.82, 2.24) is 0 Å². The number of ether oxygens (including phenoxy) is 2. The molecule has 0 atom stereocenters. The van der Waals surface area contributed by atoms with Crippen molar-refractivity contribution in [3.63, 3.8) is 0 Å². The zero-order chi connectivity index (χ0) is 11.8. The highest BCUT2D eigenvalue weighted by atomic mass is 16.5. The topological polar surface area (TPSA) is 76.0 Å². The van der Waals surface area contributed by atoms with Crippen LogP contribution in [0, 0.1) is 5.92 Å². The van der Waals surface area contributed by atoms with Crippen molar-refractivity contribution in [1.29, 1.82) is 0 Å². The summed E-state index contributed by atoms with van der Waals surface area (Å²) >= 11 is 0. The number of hydrogen-bond donors (Lipinski definition) is 2. The van der Waals surface area contributed by atoms with E-state index >= 15 is 0 Å². The molecule has 16 heavy (non-hydrogen) atoms. The van der Waals surface area contributed by atoms with Gasteiger partial charge in [-0.05, 0) is 25.7 Å². The molecule has 1 fully saturated rings. The van der Waals surface area contributed by atoms with E-state index in [1.807, 2.05) is 0 Å². The monoisotopic (exact) mass is 232 g/mol. The first-order valence-electron chi connectivity index (χ1n) is 5.77. The Balaban J connectivity index is 2.02. The molecule has 1 aliphatic rings. The predicted molar refractivity (Wildman–Crippen MR) is 57.2 cm³/mol. The third-order valence-electron chi connectivity index (χ3n) is 2.84. The molecule has 0 heterocycles. The van der Waals surface area contributed by atoms with E-state index in [1.54, 1.807) is 0 Å². The Kier molecular flexibility index (Phi) is 6.37. The fraction of sp³-hybridized carbons (Fsp3) is 0.909. The average molecular weight is 232 g/mol. The Bertz CT molecular complexity index is 199. The van der Waals surface area contributed by atoms with Crippen LogP contribution < -0.4 is 0 Å². The molecule has 0 aromatic rings. The Hall–Kier alpha value is -0.650. The number of carboxylic acid groups (broad SMARTS) is 1. The van der Waals surface area contributed by atoms with Gasteiger partial charge in [0.05, 0.1) is 38.4 Å². The standard InChI is InChI=1S/C11H20O5/c12-5-6-15-7-8-16-10-3-1-9(2-4-10)11(13)14/h9-10,12H,1-8H2,(H,13,14). The summed E-state index contributed by atoms with van der Waals surface area (Å²) in [6, 6.07) is 0. The highest BCUT2D eigenvalue weighted by Crippen LogP contribution is 2.26. The maximum atomic E-state index is 10.7. The molecule has 1 saturated carbocycles. The van der Waals surface area contributed by atoms with Crippen molar-refractivity contribution in [3.05, 3.63) is 0 Å². The average Bonchev–Trinajstić information content (AvgIpc) is 2.29. The molecule has 94 valence electrons. The highest BCUT2D eigenvalue weighted by molar-refractivity contribution is 5.69. The second-order valence-electron chi connectivity index (χ2n) is 4.02. The quantitative estimate of drug-likeness (QED) is 0.630. The van der Waals surface area contributed by atoms with E-state index in [9.17, 15) is 4.79 Å². The van der Waals surface area contributed by atoms with Gasteiger partial charge in [-0.25, -0.2) is 0 Å². The van der Waals surface area contributed by atoms with Gasteiger partial charge in [0.2, 0.25) is 0 Å². The van der Waals surface area contributed by atoms with Crippen molar-refractivity contribution in [2.75, 3.05) is 26.4 Å². The van der Waals surface area contributed by atoms with Gasteiger partial charge in [-0.15, -0.1) is 0 Å². The first-order chi connectivity index (χ1) is 7.74. The molecular weight excluding hydrogens is 212 g/mol. The lowest BCUT2D eigenvalue weighted by Crippen LogP contribution is -2.27. The Morgan fingerprint density at radius 2 is 1.81 bits per heavy atom. The van der Waals surface area contributed by atoms with E-state index < -0.39 is 5.97 Å². The van der Waals surface area contributed by atoms with E-state index in [1.165, 1.54) is 0 Å². The van der Waals surface area contributed by atoms with E-state index in [2.05, 4.69) is 0 Å². The van der Waals surface area contributed by atoms with Crippen molar-refractivity contribution >= 4 is 5.97 Å². The van der Waals surface area contributed by atoms with Gasteiger partial charge in [-0.3, -0.25) is 4.79 Å². The molecule has 0 amide bonds. The Morgan fingerprint density at radius 1 is 1.12 bits per heavy atom. The third kappa shape index (κ3) is 4.92. The summed E-state index contributed by atoms with van der Waals surface area (Å²) in [5.74, 6) is -0.879. The van der Waals surface area contributed by atoms with E-state index in [4.69, 9.17) is 19.7 Å². The van der Waals surface area contributed by atoms with Crippen molar-refractivity contribution < 1.29 is 24.5 Å². The largest absolute Gasteiger partial charge is 0.481 e. The lowest BCUT2D eigenvalue weighted by atomic mass is 9.87. The number of hydrogen-bond acceptors (Lipinski definition) is 4. The van der Waals surface area contributed by atoms with Crippen LogP contribution in [0.15, 0.2) is 0 Å². The van der Waals surface area contributed by atoms with Gasteiger partial charge in [0.1, 0.15) is 0 Å². The van der Waals surface area contributed by atoms with Gasteiger partial charge in [0, 0.05) is 0 Å². The number of carbonyl (C=O) groups is 1. The van der Waals surface area contributed by atoms with Crippen LogP contribution in [0.25, 0.3) is 0 Å². The number of aliphatic hydroxyl groups excluding tert-OH is 1. The number of carboxylic acids is 1. The fourth-order valence-electron chi connectivity index (χ4n) is 1.92. The molecule has 0 bridgehead atoms. The number of aliphatic hydroxyl groups is 1. The SMILES string of the molecule is O=C(O)C1CCC(OCCOCCO)CC1. The van der Waals surface area contributed by atoms with Gasteiger partial charge < -0.3 is 19.7 Å². The van der Waals surface area contributed by atoms with E-state index in [-0.39, 0.29) is 18.6 Å². The third-order valence-corrected chi connectivity index (χ3v) is 2.84. The minimum Gasteiger partial charge on any atom is -0.481 e. The van der Waals surface area contributed by atoms with Crippen LogP contribution in [-0.2, 0) is 14.3 Å². The number of rotatable bonds is 7. The molecule has 5 nitrogen and oxygen atoms in total. The first kappa shape index (κ1) is 13.4. The molecule has 0 saturated heterocycles. The maximum Gasteiger partial charge on any atom is 0.306 e. The summed E-state index contributed by atoms with van der Waals surface area (Å²) in [5.41, 5.74) is 0. The molecule has 0 aromatic carbocycles. The van der Waals surface area contributed by atoms with Crippen LogP contribution in [0.3, 0.4) is 0 Å². The molecule has 1 rings (SSSR count). The lowest BCUT2D eigenvalue weighted by molar-refractivity contribution is -0.143. The van der Waals surface area contributed by atoms with Gasteiger partial charge in [0.15, 0.2) is 0 Å². The van der Waals surface area contributed by atoms with Gasteiger partial charge in [-0.1, -0.05) is 0 Å². The van der Waals surface area contributed by atoms with Crippen LogP contribution >= 0.6 is 0 Å². The summed E-state index contributed by atoms with van der Waals surface area (Å²) in [6.45, 7) is 1.38. The van der Waals surface area contributed by atoms with Crippen LogP contribution in [-0.4, -0.2) is 48.7 Å². The van der Waals surface area contributed by atoms with Gasteiger partial charge in [0.25, 0.3) is 0 Å². The lowest BCUT2D eigenvalue weighted by Gasteiger charge is -2.26. The normalized spacial score (nSPS) is 25.6. The molecular formula is C11H20O5. The molecule has 5 heteroatoms. The minimum atomic E-state index is -0.690. The molecule has 2 N–H and O–H groups in total. The van der Waals surface area contributed by atoms with Crippen molar-refractivity contribution in [2.24, 2.45) is 5.92 Å². The summed E-state index contributed by atoms with van der Waals surface area (Å²) in [4.78, 5) is 10.7. The minimum absolute atomic E-state index is 0.0315. The number of aliphatic carboxylic acids is 1. The Morgan fingerprint density at radius 3 is 2.38 bits per heavy atom.